The molecule has 0 aliphatic heterocycles. The average Bonchev–Trinajstić information content (AvgIpc) is 2.72. The monoisotopic (exact) mass is 423 g/mol. The van der Waals surface area contributed by atoms with Gasteiger partial charge in [-0.25, -0.2) is 14.4 Å². The van der Waals surface area contributed by atoms with Gasteiger partial charge in [0.25, 0.3) is 0 Å². The minimum absolute atomic E-state index is 0.0936. The Balaban J connectivity index is 1.73. The zero-order valence-corrected chi connectivity index (χ0v) is 17.8. The first-order valence-electron chi connectivity index (χ1n) is 10.1. The molecule has 0 saturated heterocycles. The fourth-order valence-corrected chi connectivity index (χ4v) is 3.21. The number of carbonyl (C=O) groups excluding carboxylic acids is 2. The zero-order chi connectivity index (χ0) is 22.4. The quantitative estimate of drug-likeness (QED) is 0.346. The Labute approximate surface area is 180 Å². The highest BCUT2D eigenvalue weighted by Crippen LogP contribution is 2.31. The first kappa shape index (κ1) is 22.1. The van der Waals surface area contributed by atoms with Gasteiger partial charge in [0.1, 0.15) is 24.0 Å². The number of benzene rings is 2. The van der Waals surface area contributed by atoms with Crippen LogP contribution in [0.2, 0.25) is 0 Å². The van der Waals surface area contributed by atoms with Gasteiger partial charge in [-0.3, -0.25) is 0 Å². The summed E-state index contributed by atoms with van der Waals surface area (Å²) >= 11 is 0. The molecule has 0 unspecified atom stereocenters. The maximum Gasteiger partial charge on any atom is 0.408 e. The first-order valence-corrected chi connectivity index (χ1v) is 10.1. The highest BCUT2D eigenvalue weighted by molar-refractivity contribution is 5.91. The van der Waals surface area contributed by atoms with Gasteiger partial charge in [-0.1, -0.05) is 43.7 Å². The van der Waals surface area contributed by atoms with Gasteiger partial charge in [-0.05, 0) is 49.1 Å². The van der Waals surface area contributed by atoms with Gasteiger partial charge in [0.05, 0.1) is 5.39 Å². The van der Waals surface area contributed by atoms with Crippen molar-refractivity contribution in [1.29, 1.82) is 0 Å². The number of esters is 1. The Hall–Kier alpha value is -3.61. The smallest absolute Gasteiger partial charge is 0.408 e. The summed E-state index contributed by atoms with van der Waals surface area (Å²) in [5.41, 5.74) is 2.27. The van der Waals surface area contributed by atoms with Gasteiger partial charge < -0.3 is 19.2 Å². The summed E-state index contributed by atoms with van der Waals surface area (Å²) in [6.07, 6.45) is 0.723. The van der Waals surface area contributed by atoms with Gasteiger partial charge >= 0.3 is 17.7 Å². The minimum Gasteiger partial charge on any atom is -0.445 e. The predicted molar refractivity (Wildman–Crippen MR) is 116 cm³/mol. The normalized spacial score (nSPS) is 11.7. The zero-order valence-electron chi connectivity index (χ0n) is 17.8. The number of ether oxygens (including phenoxy) is 2. The molecule has 1 atom stereocenters. The lowest BCUT2D eigenvalue weighted by molar-refractivity contribution is -0.136. The van der Waals surface area contributed by atoms with Crippen LogP contribution in [0.25, 0.3) is 11.0 Å². The molecule has 0 aliphatic rings. The van der Waals surface area contributed by atoms with Gasteiger partial charge in [-0.2, -0.15) is 0 Å². The molecule has 1 heterocycles. The molecule has 1 aromatic heterocycles. The van der Waals surface area contributed by atoms with Crippen LogP contribution < -0.4 is 15.7 Å². The molecule has 3 rings (SSSR count). The third-order valence-electron chi connectivity index (χ3n) is 4.66. The number of hydrogen-bond donors (Lipinski definition) is 1. The third kappa shape index (κ3) is 5.72. The molecule has 7 heteroatoms. The van der Waals surface area contributed by atoms with E-state index in [0.717, 1.165) is 23.1 Å². The molecular formula is C24H25NO6. The van der Waals surface area contributed by atoms with E-state index in [4.69, 9.17) is 13.9 Å². The maximum absolute atomic E-state index is 12.6. The average molecular weight is 423 g/mol. The van der Waals surface area contributed by atoms with Crippen molar-refractivity contribution < 1.29 is 23.5 Å². The second-order valence-electron chi connectivity index (χ2n) is 7.33. The van der Waals surface area contributed by atoms with E-state index in [-0.39, 0.29) is 6.61 Å². The minimum atomic E-state index is -0.941. The lowest BCUT2D eigenvalue weighted by Gasteiger charge is -2.16. The summed E-state index contributed by atoms with van der Waals surface area (Å²) in [7, 11) is 0. The highest BCUT2D eigenvalue weighted by Gasteiger charge is 2.21. The molecule has 2 aromatic carbocycles. The fourth-order valence-electron chi connectivity index (χ4n) is 3.21. The van der Waals surface area contributed by atoms with Crippen molar-refractivity contribution in [3.63, 3.8) is 0 Å². The molecule has 7 nitrogen and oxygen atoms in total. The first-order chi connectivity index (χ1) is 14.9. The highest BCUT2D eigenvalue weighted by atomic mass is 16.6. The summed E-state index contributed by atoms with van der Waals surface area (Å²) < 4.78 is 16.0. The number of aryl methyl sites for hydroxylation is 2. The Morgan fingerprint density at radius 1 is 1.13 bits per heavy atom. The molecule has 162 valence electrons. The SMILES string of the molecule is CCCc1cc(=O)oc2cc(C)cc(OC(=O)[C@H](C)NC(=O)OCc3ccccc3)c12. The second kappa shape index (κ2) is 9.93. The molecule has 0 bridgehead atoms. The van der Waals surface area contributed by atoms with Gasteiger partial charge in [0.15, 0.2) is 0 Å². The van der Waals surface area contributed by atoms with E-state index >= 15 is 0 Å². The topological polar surface area (TPSA) is 94.8 Å². The molecule has 0 saturated carbocycles. The van der Waals surface area contributed by atoms with Crippen LogP contribution in [-0.2, 0) is 22.6 Å². The molecular weight excluding hydrogens is 398 g/mol. The Kier molecular flexibility index (Phi) is 7.07. The predicted octanol–water partition coefficient (Wildman–Crippen LogP) is 4.27. The van der Waals surface area contributed by atoms with Crippen molar-refractivity contribution in [2.75, 3.05) is 0 Å². The van der Waals surface area contributed by atoms with Crippen LogP contribution in [0.5, 0.6) is 5.75 Å². The number of amides is 1. The van der Waals surface area contributed by atoms with Crippen LogP contribution in [0.4, 0.5) is 4.79 Å². The van der Waals surface area contributed by atoms with E-state index in [1.54, 1.807) is 12.1 Å². The Bertz CT molecular complexity index is 1140. The third-order valence-corrected chi connectivity index (χ3v) is 4.66. The fraction of sp³-hybridized carbons (Fsp3) is 0.292. The second-order valence-corrected chi connectivity index (χ2v) is 7.33. The Morgan fingerprint density at radius 2 is 1.87 bits per heavy atom. The summed E-state index contributed by atoms with van der Waals surface area (Å²) in [5.74, 6) is -0.365. The lowest BCUT2D eigenvalue weighted by Crippen LogP contribution is -2.41. The molecule has 0 radical (unpaired) electrons. The summed E-state index contributed by atoms with van der Waals surface area (Å²) in [6, 6.07) is 13.1. The van der Waals surface area contributed by atoms with E-state index in [1.807, 2.05) is 44.2 Å². The number of rotatable bonds is 7. The number of alkyl carbamates (subject to hydrolysis) is 1. The number of carbonyl (C=O) groups is 2. The lowest BCUT2D eigenvalue weighted by atomic mass is 10.0. The molecule has 0 spiro atoms. The van der Waals surface area contributed by atoms with Gasteiger partial charge in [0, 0.05) is 6.07 Å². The summed E-state index contributed by atoms with van der Waals surface area (Å²) in [4.78, 5) is 36.5. The summed E-state index contributed by atoms with van der Waals surface area (Å²) in [5, 5.41) is 3.06. The van der Waals surface area contributed by atoms with Gasteiger partial charge in [0.2, 0.25) is 0 Å². The number of nitrogens with one attached hydrogen (secondary N) is 1. The van der Waals surface area contributed by atoms with Crippen LogP contribution in [0.3, 0.4) is 0 Å². The standard InChI is InChI=1S/C24H25NO6/c1-4-8-18-13-21(26)30-19-11-15(2)12-20(22(18)19)31-23(27)16(3)25-24(28)29-14-17-9-6-5-7-10-17/h5-7,9-13,16H,4,8,14H2,1-3H3,(H,25,28)/t16-/m0/s1. The van der Waals surface area contributed by atoms with E-state index < -0.39 is 23.7 Å². The molecule has 3 aromatic rings. The summed E-state index contributed by atoms with van der Waals surface area (Å²) in [6.45, 7) is 5.41. The van der Waals surface area contributed by atoms with Crippen molar-refractivity contribution in [3.8, 4) is 5.75 Å². The van der Waals surface area contributed by atoms with E-state index in [1.165, 1.54) is 13.0 Å². The van der Waals surface area contributed by atoms with Crippen molar-refractivity contribution in [1.82, 2.24) is 5.32 Å². The van der Waals surface area contributed by atoms with Crippen LogP contribution in [0.1, 0.15) is 37.0 Å². The van der Waals surface area contributed by atoms with Crippen molar-refractivity contribution in [2.24, 2.45) is 0 Å². The Morgan fingerprint density at radius 3 is 2.58 bits per heavy atom. The van der Waals surface area contributed by atoms with E-state index in [2.05, 4.69) is 5.32 Å². The van der Waals surface area contributed by atoms with Crippen LogP contribution in [0, 0.1) is 6.92 Å². The molecule has 31 heavy (non-hydrogen) atoms. The molecule has 0 aliphatic carbocycles. The largest absolute Gasteiger partial charge is 0.445 e. The van der Waals surface area contributed by atoms with Crippen molar-refractivity contribution in [3.05, 3.63) is 75.6 Å². The maximum atomic E-state index is 12.6. The van der Waals surface area contributed by atoms with Crippen molar-refractivity contribution in [2.45, 2.75) is 46.3 Å². The van der Waals surface area contributed by atoms with E-state index in [9.17, 15) is 14.4 Å². The van der Waals surface area contributed by atoms with Gasteiger partial charge in [-0.15, -0.1) is 0 Å². The molecule has 1 amide bonds. The molecule has 0 fully saturated rings. The van der Waals surface area contributed by atoms with Crippen molar-refractivity contribution >= 4 is 23.0 Å². The number of fused-ring (bicyclic) bond motifs is 1. The van der Waals surface area contributed by atoms with Crippen LogP contribution in [-0.4, -0.2) is 18.1 Å². The molecule has 1 N–H and O–H groups in total. The number of hydrogen-bond acceptors (Lipinski definition) is 6. The van der Waals surface area contributed by atoms with E-state index in [0.29, 0.717) is 23.1 Å². The van der Waals surface area contributed by atoms with Crippen LogP contribution in [0.15, 0.2) is 57.7 Å². The van der Waals surface area contributed by atoms with Crippen LogP contribution >= 0.6 is 0 Å².